The van der Waals surface area contributed by atoms with E-state index in [4.69, 9.17) is 0 Å². The number of halogens is 4. The Labute approximate surface area is 139 Å². The van der Waals surface area contributed by atoms with Crippen LogP contribution in [0.4, 0.5) is 29.2 Å². The van der Waals surface area contributed by atoms with Gasteiger partial charge in [0.25, 0.3) is 0 Å². The molecular formula is C15H12F4N4O2. The van der Waals surface area contributed by atoms with Gasteiger partial charge in [-0.15, -0.1) is 0 Å². The molecule has 1 aliphatic carbocycles. The lowest BCUT2D eigenvalue weighted by Crippen LogP contribution is -2.21. The van der Waals surface area contributed by atoms with E-state index >= 15 is 0 Å². The van der Waals surface area contributed by atoms with Gasteiger partial charge in [-0.2, -0.15) is 13.2 Å². The van der Waals surface area contributed by atoms with Gasteiger partial charge >= 0.3 is 11.9 Å². The maximum absolute atomic E-state index is 13.6. The summed E-state index contributed by atoms with van der Waals surface area (Å²) < 4.78 is 52.1. The molecule has 0 atom stereocenters. The molecule has 10 heteroatoms. The van der Waals surface area contributed by atoms with Gasteiger partial charge in [-0.25, -0.2) is 14.4 Å². The number of hydrogen-bond acceptors (Lipinski definition) is 5. The summed E-state index contributed by atoms with van der Waals surface area (Å²) >= 11 is 0. The highest BCUT2D eigenvalue weighted by atomic mass is 19.4. The van der Waals surface area contributed by atoms with E-state index in [0.29, 0.717) is 18.9 Å². The summed E-state index contributed by atoms with van der Waals surface area (Å²) in [5, 5.41) is 13.4. The fourth-order valence-corrected chi connectivity index (χ4v) is 2.53. The van der Waals surface area contributed by atoms with Crippen molar-refractivity contribution in [3.8, 4) is 0 Å². The van der Waals surface area contributed by atoms with Gasteiger partial charge in [0.15, 0.2) is 0 Å². The van der Waals surface area contributed by atoms with Gasteiger partial charge in [0.2, 0.25) is 5.95 Å². The van der Waals surface area contributed by atoms with Gasteiger partial charge in [0, 0.05) is 12.0 Å². The number of nitrogens with one attached hydrogen (secondary N) is 1. The van der Waals surface area contributed by atoms with Crippen molar-refractivity contribution in [3.05, 3.63) is 57.7 Å². The first-order valence-corrected chi connectivity index (χ1v) is 7.28. The van der Waals surface area contributed by atoms with E-state index in [9.17, 15) is 27.7 Å². The zero-order valence-corrected chi connectivity index (χ0v) is 12.7. The average molecular weight is 356 g/mol. The molecule has 1 aromatic carbocycles. The van der Waals surface area contributed by atoms with Gasteiger partial charge in [0.1, 0.15) is 18.2 Å². The molecule has 6 nitrogen and oxygen atoms in total. The van der Waals surface area contributed by atoms with Crippen LogP contribution in [-0.2, 0) is 11.6 Å². The molecule has 0 aliphatic heterocycles. The van der Waals surface area contributed by atoms with Crippen LogP contribution in [0.25, 0.3) is 0 Å². The number of anilines is 1. The molecule has 0 saturated heterocycles. The van der Waals surface area contributed by atoms with Crippen molar-refractivity contribution in [2.24, 2.45) is 0 Å². The van der Waals surface area contributed by atoms with E-state index in [2.05, 4.69) is 15.3 Å². The standard InChI is InChI=1S/C15H12F4N4O2/c16-11-4-9(3-10(5-11)15(17,18)19)14(1-2-14)8-22-13-20-6-12(7-21-13)23(24)25/h3-7H,1-2,8H2,(H,20,21,22). The molecule has 1 aliphatic rings. The van der Waals surface area contributed by atoms with Crippen LogP contribution in [-0.4, -0.2) is 21.4 Å². The molecule has 0 amide bonds. The minimum Gasteiger partial charge on any atom is -0.353 e. The predicted molar refractivity (Wildman–Crippen MR) is 79.5 cm³/mol. The summed E-state index contributed by atoms with van der Waals surface area (Å²) in [6, 6.07) is 2.52. The minimum atomic E-state index is -4.62. The molecule has 1 saturated carbocycles. The highest BCUT2D eigenvalue weighted by molar-refractivity contribution is 5.40. The molecule has 1 heterocycles. The Bertz CT molecular complexity index is 804. The maximum Gasteiger partial charge on any atom is 0.416 e. The van der Waals surface area contributed by atoms with Crippen LogP contribution in [0, 0.1) is 15.9 Å². The molecule has 0 spiro atoms. The topological polar surface area (TPSA) is 81.0 Å². The first-order valence-electron chi connectivity index (χ1n) is 7.28. The van der Waals surface area contributed by atoms with E-state index in [0.717, 1.165) is 24.5 Å². The van der Waals surface area contributed by atoms with Crippen molar-refractivity contribution < 1.29 is 22.5 Å². The summed E-state index contributed by atoms with van der Waals surface area (Å²) in [6.45, 7) is 0.200. The molecule has 0 radical (unpaired) electrons. The minimum absolute atomic E-state index is 0.115. The number of hydrogen-bond donors (Lipinski definition) is 1. The van der Waals surface area contributed by atoms with Crippen LogP contribution < -0.4 is 5.32 Å². The molecule has 25 heavy (non-hydrogen) atoms. The van der Waals surface area contributed by atoms with Gasteiger partial charge < -0.3 is 5.32 Å². The molecule has 1 N–H and O–H groups in total. The lowest BCUT2D eigenvalue weighted by Gasteiger charge is -2.18. The molecule has 0 unspecified atom stereocenters. The van der Waals surface area contributed by atoms with Crippen molar-refractivity contribution in [1.29, 1.82) is 0 Å². The summed E-state index contributed by atoms with van der Waals surface area (Å²) in [7, 11) is 0. The quantitative estimate of drug-likeness (QED) is 0.502. The van der Waals surface area contributed by atoms with Crippen LogP contribution >= 0.6 is 0 Å². The van der Waals surface area contributed by atoms with Crippen LogP contribution in [0.15, 0.2) is 30.6 Å². The van der Waals surface area contributed by atoms with Crippen LogP contribution in [0.5, 0.6) is 0 Å². The Morgan fingerprint density at radius 3 is 2.36 bits per heavy atom. The fourth-order valence-electron chi connectivity index (χ4n) is 2.53. The van der Waals surface area contributed by atoms with Gasteiger partial charge in [-0.05, 0) is 36.6 Å². The Morgan fingerprint density at radius 2 is 1.84 bits per heavy atom. The highest BCUT2D eigenvalue weighted by Gasteiger charge is 2.45. The van der Waals surface area contributed by atoms with Crippen molar-refractivity contribution in [2.45, 2.75) is 24.4 Å². The summed E-state index contributed by atoms with van der Waals surface area (Å²) in [4.78, 5) is 17.5. The predicted octanol–water partition coefficient (Wildman–Crippen LogP) is 3.69. The molecule has 2 aromatic rings. The number of rotatable bonds is 5. The third-order valence-corrected chi connectivity index (χ3v) is 4.12. The van der Waals surface area contributed by atoms with Crippen LogP contribution in [0.3, 0.4) is 0 Å². The summed E-state index contributed by atoms with van der Waals surface area (Å²) in [5.74, 6) is -0.827. The second kappa shape index (κ2) is 5.94. The molecule has 3 rings (SSSR count). The van der Waals surface area contributed by atoms with E-state index in [1.165, 1.54) is 0 Å². The number of aromatic nitrogens is 2. The number of alkyl halides is 3. The van der Waals surface area contributed by atoms with Gasteiger partial charge in [0.05, 0.1) is 10.5 Å². The largest absolute Gasteiger partial charge is 0.416 e. The number of benzene rings is 1. The molecule has 1 aromatic heterocycles. The normalized spacial score (nSPS) is 15.7. The molecular weight excluding hydrogens is 344 g/mol. The van der Waals surface area contributed by atoms with E-state index in [-0.39, 0.29) is 23.7 Å². The monoisotopic (exact) mass is 356 g/mol. The second-order valence-corrected chi connectivity index (χ2v) is 5.88. The van der Waals surface area contributed by atoms with Gasteiger partial charge in [-0.1, -0.05) is 0 Å². The summed E-state index contributed by atoms with van der Waals surface area (Å²) in [6.07, 6.45) is -1.39. The van der Waals surface area contributed by atoms with Crippen LogP contribution in [0.2, 0.25) is 0 Å². The molecule has 1 fully saturated rings. The maximum atomic E-state index is 13.6. The first-order chi connectivity index (χ1) is 11.7. The summed E-state index contributed by atoms with van der Waals surface area (Å²) in [5.41, 5.74) is -1.67. The Kier molecular flexibility index (Phi) is 4.05. The number of nitro groups is 1. The Balaban J connectivity index is 1.77. The second-order valence-electron chi connectivity index (χ2n) is 5.88. The zero-order chi connectivity index (χ0) is 18.2. The van der Waals surface area contributed by atoms with Crippen molar-refractivity contribution in [3.63, 3.8) is 0 Å². The third-order valence-electron chi connectivity index (χ3n) is 4.12. The van der Waals surface area contributed by atoms with E-state index in [1.54, 1.807) is 0 Å². The fraction of sp³-hybridized carbons (Fsp3) is 0.333. The molecule has 0 bridgehead atoms. The van der Waals surface area contributed by atoms with Crippen molar-refractivity contribution >= 4 is 11.6 Å². The zero-order valence-electron chi connectivity index (χ0n) is 12.7. The highest BCUT2D eigenvalue weighted by Crippen LogP contribution is 2.49. The lowest BCUT2D eigenvalue weighted by molar-refractivity contribution is -0.385. The average Bonchev–Trinajstić information content (AvgIpc) is 3.33. The van der Waals surface area contributed by atoms with E-state index < -0.39 is 27.9 Å². The van der Waals surface area contributed by atoms with Gasteiger partial charge in [-0.3, -0.25) is 10.1 Å². The molecule has 132 valence electrons. The third kappa shape index (κ3) is 3.67. The van der Waals surface area contributed by atoms with Crippen LogP contribution in [0.1, 0.15) is 24.0 Å². The first kappa shape index (κ1) is 17.1. The van der Waals surface area contributed by atoms with Crippen molar-refractivity contribution in [1.82, 2.24) is 9.97 Å². The van der Waals surface area contributed by atoms with Crippen molar-refractivity contribution in [2.75, 3.05) is 11.9 Å². The Hall–Kier alpha value is -2.78. The lowest BCUT2D eigenvalue weighted by atomic mass is 9.94. The van der Waals surface area contributed by atoms with E-state index in [1.807, 2.05) is 0 Å². The smallest absolute Gasteiger partial charge is 0.353 e. The SMILES string of the molecule is O=[N+]([O-])c1cnc(NCC2(c3cc(F)cc(C(F)(F)F)c3)CC2)nc1. The Morgan fingerprint density at radius 1 is 1.20 bits per heavy atom. The number of nitrogens with zero attached hydrogens (tertiary/aromatic N) is 3.